The number of benzene rings is 4. The van der Waals surface area contributed by atoms with E-state index in [0.29, 0.717) is 48.6 Å². The van der Waals surface area contributed by atoms with Crippen molar-refractivity contribution in [3.05, 3.63) is 120 Å². The van der Waals surface area contributed by atoms with E-state index in [1.54, 1.807) is 46.6 Å². The number of aryl methyl sites for hydroxylation is 1. The Balaban J connectivity index is 0.000000236. The zero-order valence-electron chi connectivity index (χ0n) is 45.0. The molecule has 0 bridgehead atoms. The minimum atomic E-state index is -3.67. The average molecular weight is 1070 g/mol. The number of aliphatic imine (C=N–C) groups is 1. The number of amidine groups is 1. The molecule has 1 aromatic heterocycles. The topological polar surface area (TPSA) is 247 Å². The van der Waals surface area contributed by atoms with E-state index in [1.165, 1.54) is 5.56 Å². The van der Waals surface area contributed by atoms with Crippen molar-refractivity contribution in [3.63, 3.8) is 0 Å². The number of pyridine rings is 1. The van der Waals surface area contributed by atoms with Gasteiger partial charge < -0.3 is 49.6 Å². The summed E-state index contributed by atoms with van der Waals surface area (Å²) in [6, 6.07) is 27.5. The molecule has 1 aliphatic carbocycles. The molecule has 5 aromatic rings. The number of aromatic nitrogens is 1. The van der Waals surface area contributed by atoms with Gasteiger partial charge in [0.2, 0.25) is 0 Å². The van der Waals surface area contributed by atoms with E-state index in [9.17, 15) is 33.3 Å². The van der Waals surface area contributed by atoms with Gasteiger partial charge in [-0.1, -0.05) is 87.4 Å². The summed E-state index contributed by atoms with van der Waals surface area (Å²) < 4.78 is 47.4. The molecule has 0 unspecified atom stereocenters. The smallest absolute Gasteiger partial charge is 0.303 e. The number of hydrogen-bond acceptors (Lipinski definition) is 15. The molecule has 0 amide bonds. The lowest BCUT2D eigenvalue weighted by molar-refractivity contribution is -0.137. The normalized spacial score (nSPS) is 16.2. The van der Waals surface area contributed by atoms with Gasteiger partial charge in [0.15, 0.2) is 23.0 Å². The number of carbonyl (C=O) groups excluding carboxylic acids is 1. The summed E-state index contributed by atoms with van der Waals surface area (Å²) >= 11 is 0. The second kappa shape index (κ2) is 32.0. The number of phenols is 1. The second-order valence-corrected chi connectivity index (χ2v) is 20.2. The van der Waals surface area contributed by atoms with Crippen molar-refractivity contribution >= 4 is 49.9 Å². The fourth-order valence-electron chi connectivity index (χ4n) is 8.85. The number of hydrogen-bond donors (Lipinski definition) is 6. The maximum Gasteiger partial charge on any atom is 0.303 e. The number of aliphatic hydroxyl groups excluding tert-OH is 2. The summed E-state index contributed by atoms with van der Waals surface area (Å²) in [7, 11) is 2.86. The average Bonchev–Trinajstić information content (AvgIpc) is 4.01. The van der Waals surface area contributed by atoms with Crippen molar-refractivity contribution in [2.24, 2.45) is 16.8 Å². The molecule has 2 aliphatic rings. The molecule has 4 atom stereocenters. The Hall–Kier alpha value is -6.73. The van der Waals surface area contributed by atoms with Crippen molar-refractivity contribution in [2.75, 3.05) is 59.2 Å². The zero-order valence-corrected chi connectivity index (χ0v) is 45.8. The third-order valence-corrected chi connectivity index (χ3v) is 12.8. The molecular weight excluding hydrogens is 993 g/mol. The van der Waals surface area contributed by atoms with E-state index in [-0.39, 0.29) is 36.2 Å². The minimum absolute atomic E-state index is 0.105. The molecule has 414 valence electrons. The molecule has 17 nitrogen and oxygen atoms in total. The first-order valence-electron chi connectivity index (χ1n) is 25.7. The highest BCUT2D eigenvalue weighted by molar-refractivity contribution is 7.85. The monoisotopic (exact) mass is 1070 g/mol. The van der Waals surface area contributed by atoms with Gasteiger partial charge >= 0.3 is 5.97 Å². The third kappa shape index (κ3) is 21.1. The highest BCUT2D eigenvalue weighted by atomic mass is 32.2. The first kappa shape index (κ1) is 61.8. The Bertz CT molecular complexity index is 2760. The van der Waals surface area contributed by atoms with Crippen LogP contribution in [0.5, 0.6) is 28.7 Å². The molecule has 7 rings (SSSR count). The number of Topliss-reactive ketones (excluding diaryl/α,β-unsaturated/α-hetero) is 1. The number of nitrogens with zero attached hydrogens (tertiary/aromatic N) is 3. The van der Waals surface area contributed by atoms with E-state index in [1.807, 2.05) is 60.8 Å². The number of aliphatic carboxylic acids is 1. The van der Waals surface area contributed by atoms with Crippen LogP contribution in [0.15, 0.2) is 108 Å². The highest BCUT2D eigenvalue weighted by Crippen LogP contribution is 2.36. The molecule has 1 aliphatic heterocycles. The van der Waals surface area contributed by atoms with Crippen molar-refractivity contribution in [1.82, 2.24) is 10.3 Å². The Morgan fingerprint density at radius 3 is 2.16 bits per heavy atom. The van der Waals surface area contributed by atoms with Crippen LogP contribution in [0.4, 0.5) is 11.4 Å². The van der Waals surface area contributed by atoms with E-state index < -0.39 is 28.3 Å². The summed E-state index contributed by atoms with van der Waals surface area (Å²) in [5.41, 5.74) is 5.32. The van der Waals surface area contributed by atoms with Crippen molar-refractivity contribution in [3.8, 4) is 28.7 Å². The number of methoxy groups -OCH3 is 4. The third-order valence-electron chi connectivity index (χ3n) is 12.8. The van der Waals surface area contributed by atoms with Crippen molar-refractivity contribution in [1.29, 1.82) is 0 Å². The number of carboxylic acid groups (broad SMARTS) is 1. The van der Waals surface area contributed by atoms with Crippen LogP contribution in [0, 0.1) is 18.8 Å². The molecule has 1 fully saturated rings. The van der Waals surface area contributed by atoms with Gasteiger partial charge in [0.1, 0.15) is 17.4 Å². The van der Waals surface area contributed by atoms with Crippen LogP contribution in [-0.2, 0) is 26.1 Å². The van der Waals surface area contributed by atoms with Gasteiger partial charge in [0, 0.05) is 66.7 Å². The van der Waals surface area contributed by atoms with Gasteiger partial charge in [-0.25, -0.2) is 0 Å². The maximum absolute atomic E-state index is 12.1. The summed E-state index contributed by atoms with van der Waals surface area (Å²) in [5.74, 6) is 3.04. The van der Waals surface area contributed by atoms with Gasteiger partial charge in [-0.15, -0.1) is 0 Å². The molecule has 4 aromatic carbocycles. The number of carbonyl (C=O) groups is 2. The van der Waals surface area contributed by atoms with Crippen LogP contribution in [0.2, 0.25) is 0 Å². The zero-order chi connectivity index (χ0) is 55.6. The van der Waals surface area contributed by atoms with Crippen LogP contribution in [0.25, 0.3) is 10.8 Å². The number of unbranched alkanes of at least 4 members (excludes halogenated alkanes) is 5. The van der Waals surface area contributed by atoms with E-state index in [0.717, 1.165) is 104 Å². The quantitative estimate of drug-likeness (QED) is 0.0202. The number of carboxylic acids is 1. The van der Waals surface area contributed by atoms with Gasteiger partial charge in [0.05, 0.1) is 65.7 Å². The molecule has 0 spiro atoms. The van der Waals surface area contributed by atoms with Crippen LogP contribution in [-0.4, -0.2) is 123 Å². The number of aliphatic hydroxyl groups is 2. The molecule has 2 heterocycles. The van der Waals surface area contributed by atoms with Gasteiger partial charge in [-0.05, 0) is 91.7 Å². The predicted molar refractivity (Wildman–Crippen MR) is 299 cm³/mol. The Kier molecular flexibility index (Phi) is 26.0. The molecule has 0 radical (unpaired) electrons. The number of phenolic OH excluding ortho intramolecular Hbond substituents is 1. The first-order chi connectivity index (χ1) is 36.4. The number of ether oxygens (including phenoxy) is 4. The van der Waals surface area contributed by atoms with Gasteiger partial charge in [0.25, 0.3) is 10.1 Å². The SMILES string of the molecule is CCCCC[C@H](O)/C=C/[C@H]1[C@H](O)CC(=O)[C@@H]1CCCCCCC(=O)O.COc1ccc(Cc2nccc3cc(OC)c(OC)cc23)cc1OC.CS(=O)(=O)O.Cc1ccc(N(CC2=NCCN2)c2cccc(O)c2)cc1. The lowest BCUT2D eigenvalue weighted by Gasteiger charge is -2.25. The lowest BCUT2D eigenvalue weighted by atomic mass is 9.88. The fraction of sp³-hybridized carbons (Fsp3) is 0.448. The Labute approximate surface area is 448 Å². The number of anilines is 2. The van der Waals surface area contributed by atoms with E-state index in [4.69, 9.17) is 28.6 Å². The number of rotatable bonds is 23. The molecular formula is C58H78N4O13S. The lowest BCUT2D eigenvalue weighted by Crippen LogP contribution is -2.32. The summed E-state index contributed by atoms with van der Waals surface area (Å²) in [6.07, 6.45) is 13.9. The predicted octanol–water partition coefficient (Wildman–Crippen LogP) is 9.68. The minimum Gasteiger partial charge on any atom is -0.508 e. The Morgan fingerprint density at radius 2 is 1.53 bits per heavy atom. The number of fused-ring (bicyclic) bond motifs is 1. The van der Waals surface area contributed by atoms with Crippen LogP contribution >= 0.6 is 0 Å². The molecule has 6 N–H and O–H groups in total. The van der Waals surface area contributed by atoms with Crippen molar-refractivity contribution < 1.29 is 61.9 Å². The van der Waals surface area contributed by atoms with Gasteiger partial charge in [-0.3, -0.25) is 24.1 Å². The maximum atomic E-state index is 12.1. The summed E-state index contributed by atoms with van der Waals surface area (Å²) in [5, 5.41) is 43.9. The van der Waals surface area contributed by atoms with Crippen molar-refractivity contribution in [2.45, 2.75) is 103 Å². The molecule has 18 heteroatoms. The van der Waals surface area contributed by atoms with E-state index >= 15 is 0 Å². The fourth-order valence-corrected chi connectivity index (χ4v) is 8.85. The Morgan fingerprint density at radius 1 is 0.855 bits per heavy atom. The van der Waals surface area contributed by atoms with E-state index in [2.05, 4.69) is 58.3 Å². The van der Waals surface area contributed by atoms with Gasteiger partial charge in [-0.2, -0.15) is 8.42 Å². The summed E-state index contributed by atoms with van der Waals surface area (Å²) in [6.45, 7) is 6.60. The molecule has 0 saturated heterocycles. The number of ketones is 1. The number of aromatic hydroxyl groups is 1. The standard InChI is InChI=1S/C20H21NO4.C20H34O5.C17H19N3O.CH4O3S/c1-22-17-6-5-13(10-18(17)23-2)9-16-15-12-20(25-4)19(24-3)11-14(15)7-8-21-16;1-2-3-6-9-15(21)12-13-17-16(18(22)14-19(17)23)10-7-4-5-8-11-20(24)25;1-13-5-7-14(8-6-13)20(12-17-18-9-10-19-17)15-3-2-4-16(21)11-15;1-5(2,3)4/h5-8,10-12H,9H2,1-4H3;12-13,15-17,19,21,23H,2-11,14H2,1H3,(H,24,25);2-8,11,21H,9-10,12H2,1H3,(H,18,19);1H3,(H,2,3,4)/b;13-12+;;/t;15-,16+,17+,19+;;/m.0../s1. The van der Waals surface area contributed by atoms with Crippen LogP contribution < -0.4 is 29.2 Å². The number of nitrogens with one attached hydrogen (secondary N) is 1. The second-order valence-electron chi connectivity index (χ2n) is 18.7. The van der Waals surface area contributed by atoms with Crippen LogP contribution in [0.1, 0.15) is 94.4 Å². The highest BCUT2D eigenvalue weighted by Gasteiger charge is 2.39. The molecule has 1 saturated carbocycles. The first-order valence-corrected chi connectivity index (χ1v) is 27.5. The molecule has 76 heavy (non-hydrogen) atoms. The largest absolute Gasteiger partial charge is 0.508 e. The van der Waals surface area contributed by atoms with Crippen LogP contribution in [0.3, 0.4) is 0 Å². The summed E-state index contributed by atoms with van der Waals surface area (Å²) in [4.78, 5) is 33.8.